The van der Waals surface area contributed by atoms with Crippen LogP contribution in [0.15, 0.2) is 43.0 Å². The molecule has 6 rings (SSSR count). The summed E-state index contributed by atoms with van der Waals surface area (Å²) >= 11 is 0. The highest BCUT2D eigenvalue weighted by atomic mass is 15.3. The van der Waals surface area contributed by atoms with Gasteiger partial charge in [0, 0.05) is 57.0 Å². The lowest BCUT2D eigenvalue weighted by Crippen LogP contribution is -2.24. The summed E-state index contributed by atoms with van der Waals surface area (Å²) in [6.07, 6.45) is 10.7. The zero-order valence-corrected chi connectivity index (χ0v) is 17.2. The highest BCUT2D eigenvalue weighted by Gasteiger charge is 2.25. The fourth-order valence-corrected chi connectivity index (χ4v) is 4.97. The average Bonchev–Trinajstić information content (AvgIpc) is 3.59. The fourth-order valence-electron chi connectivity index (χ4n) is 4.97. The lowest BCUT2D eigenvalue weighted by atomic mass is 10.2. The monoisotopic (exact) mass is 401 g/mol. The Morgan fingerprint density at radius 3 is 2.37 bits per heavy atom. The van der Waals surface area contributed by atoms with Crippen molar-refractivity contribution in [3.63, 3.8) is 0 Å². The second-order valence-electron chi connectivity index (χ2n) is 8.40. The molecule has 0 amide bonds. The van der Waals surface area contributed by atoms with Crippen molar-refractivity contribution in [1.29, 1.82) is 0 Å². The van der Waals surface area contributed by atoms with E-state index in [1.54, 1.807) is 0 Å². The van der Waals surface area contributed by atoms with Gasteiger partial charge in [0.25, 0.3) is 0 Å². The molecular weight excluding hydrogens is 374 g/mol. The molecule has 2 aliphatic rings. The number of hydrogen-bond donors (Lipinski definition) is 0. The summed E-state index contributed by atoms with van der Waals surface area (Å²) < 4.78 is 4.51. The Hall–Kier alpha value is -3.09. The normalized spacial score (nSPS) is 17.1. The lowest BCUT2D eigenvalue weighted by molar-refractivity contribution is 0.599. The van der Waals surface area contributed by atoms with Crippen LogP contribution >= 0.6 is 0 Å². The van der Waals surface area contributed by atoms with Gasteiger partial charge in [0.1, 0.15) is 11.5 Å². The van der Waals surface area contributed by atoms with Gasteiger partial charge in [-0.15, -0.1) is 0 Å². The number of aryl methyl sites for hydroxylation is 2. The maximum atomic E-state index is 5.15. The zero-order valence-electron chi connectivity index (χ0n) is 17.2. The standard InChI is InChI=1S/C23H27N7/c1-2-8-19-18(7-1)20-21(28-10-3-4-11-28)25-23(29-12-5-6-13-29)26-22(20)30(19)16-15-27-14-9-24-17-27/h1-2,7-9,14,17H,3-6,10-13,15-16H2. The molecule has 0 atom stereocenters. The van der Waals surface area contributed by atoms with Crippen LogP contribution in [0.2, 0.25) is 0 Å². The highest BCUT2D eigenvalue weighted by molar-refractivity contribution is 6.12. The van der Waals surface area contributed by atoms with Gasteiger partial charge in [-0.25, -0.2) is 4.98 Å². The van der Waals surface area contributed by atoms with Gasteiger partial charge in [-0.05, 0) is 31.7 Å². The molecular formula is C23H27N7. The van der Waals surface area contributed by atoms with E-state index < -0.39 is 0 Å². The Balaban J connectivity index is 1.56. The zero-order chi connectivity index (χ0) is 19.9. The van der Waals surface area contributed by atoms with Gasteiger partial charge < -0.3 is 18.9 Å². The van der Waals surface area contributed by atoms with Crippen LogP contribution in [-0.2, 0) is 13.1 Å². The van der Waals surface area contributed by atoms with Gasteiger partial charge >= 0.3 is 0 Å². The summed E-state index contributed by atoms with van der Waals surface area (Å²) in [5, 5.41) is 2.47. The van der Waals surface area contributed by atoms with E-state index in [0.717, 1.165) is 56.7 Å². The second-order valence-corrected chi connectivity index (χ2v) is 8.40. The third-order valence-electron chi connectivity index (χ3n) is 6.51. The lowest BCUT2D eigenvalue weighted by Gasteiger charge is -2.22. The Bertz CT molecular complexity index is 1170. The number of fused-ring (bicyclic) bond motifs is 3. The van der Waals surface area contributed by atoms with Crippen LogP contribution in [0, 0.1) is 0 Å². The van der Waals surface area contributed by atoms with Gasteiger partial charge in [0.2, 0.25) is 5.95 Å². The van der Waals surface area contributed by atoms with Crippen LogP contribution in [0.4, 0.5) is 11.8 Å². The summed E-state index contributed by atoms with van der Waals surface area (Å²) in [5.74, 6) is 2.02. The van der Waals surface area contributed by atoms with Crippen LogP contribution in [0.1, 0.15) is 25.7 Å². The maximum Gasteiger partial charge on any atom is 0.229 e. The van der Waals surface area contributed by atoms with E-state index in [9.17, 15) is 0 Å². The molecule has 7 nitrogen and oxygen atoms in total. The molecule has 0 radical (unpaired) electrons. The number of imidazole rings is 1. The Kier molecular flexibility index (Phi) is 4.32. The fraction of sp³-hybridized carbons (Fsp3) is 0.435. The van der Waals surface area contributed by atoms with Crippen LogP contribution < -0.4 is 9.80 Å². The third kappa shape index (κ3) is 2.91. The van der Waals surface area contributed by atoms with Gasteiger partial charge in [-0.3, -0.25) is 0 Å². The molecule has 0 saturated carbocycles. The molecule has 0 aliphatic carbocycles. The van der Waals surface area contributed by atoms with Crippen LogP contribution in [0.5, 0.6) is 0 Å². The topological polar surface area (TPSA) is 55.0 Å². The van der Waals surface area contributed by atoms with Crippen molar-refractivity contribution < 1.29 is 0 Å². The minimum absolute atomic E-state index is 0.857. The average molecular weight is 402 g/mol. The summed E-state index contributed by atoms with van der Waals surface area (Å²) in [5.41, 5.74) is 2.30. The van der Waals surface area contributed by atoms with E-state index in [0.29, 0.717) is 0 Å². The number of nitrogens with zero attached hydrogens (tertiary/aromatic N) is 7. The molecule has 3 aromatic heterocycles. The SMILES string of the molecule is c1ccc2c(c1)c1c(N3CCCC3)nc(N3CCCC3)nc1n2CCn1ccnc1. The number of hydrogen-bond acceptors (Lipinski definition) is 5. The van der Waals surface area contributed by atoms with Crippen LogP contribution in [0.3, 0.4) is 0 Å². The van der Waals surface area contributed by atoms with E-state index in [1.165, 1.54) is 42.0 Å². The first-order chi connectivity index (χ1) is 14.9. The predicted molar refractivity (Wildman–Crippen MR) is 120 cm³/mol. The molecule has 2 fully saturated rings. The molecule has 30 heavy (non-hydrogen) atoms. The minimum Gasteiger partial charge on any atom is -0.356 e. The molecule has 5 heterocycles. The first kappa shape index (κ1) is 17.7. The number of benzene rings is 1. The predicted octanol–water partition coefficient (Wildman–Crippen LogP) is 3.68. The maximum absolute atomic E-state index is 5.15. The van der Waals surface area contributed by atoms with Crippen LogP contribution in [-0.4, -0.2) is 50.3 Å². The van der Waals surface area contributed by atoms with Gasteiger partial charge in [-0.2, -0.15) is 9.97 Å². The summed E-state index contributed by atoms with van der Waals surface area (Å²) in [7, 11) is 0. The molecule has 7 heteroatoms. The number of aromatic nitrogens is 5. The Morgan fingerprint density at radius 1 is 0.833 bits per heavy atom. The highest BCUT2D eigenvalue weighted by Crippen LogP contribution is 2.37. The van der Waals surface area contributed by atoms with Crippen molar-refractivity contribution >= 4 is 33.7 Å². The summed E-state index contributed by atoms with van der Waals surface area (Å²) in [6.45, 7) is 6.01. The largest absolute Gasteiger partial charge is 0.356 e. The van der Waals surface area contributed by atoms with Crippen molar-refractivity contribution in [2.24, 2.45) is 0 Å². The molecule has 1 aromatic carbocycles. The van der Waals surface area contributed by atoms with E-state index in [-0.39, 0.29) is 0 Å². The van der Waals surface area contributed by atoms with Crippen molar-refractivity contribution in [2.75, 3.05) is 36.0 Å². The smallest absolute Gasteiger partial charge is 0.229 e. The molecule has 2 saturated heterocycles. The van der Waals surface area contributed by atoms with Gasteiger partial charge in [0.15, 0.2) is 0 Å². The number of para-hydroxylation sites is 1. The molecule has 0 bridgehead atoms. The molecule has 0 N–H and O–H groups in total. The Morgan fingerprint density at radius 2 is 1.60 bits per heavy atom. The van der Waals surface area contributed by atoms with Gasteiger partial charge in [0.05, 0.1) is 17.2 Å². The third-order valence-corrected chi connectivity index (χ3v) is 6.51. The summed E-state index contributed by atoms with van der Waals surface area (Å²) in [6, 6.07) is 8.70. The van der Waals surface area contributed by atoms with Gasteiger partial charge in [-0.1, -0.05) is 18.2 Å². The molecule has 0 spiro atoms. The Labute approximate surface area is 176 Å². The molecule has 154 valence electrons. The van der Waals surface area contributed by atoms with E-state index in [1.807, 2.05) is 18.7 Å². The molecule has 0 unspecified atom stereocenters. The molecule has 2 aliphatic heterocycles. The van der Waals surface area contributed by atoms with E-state index >= 15 is 0 Å². The second kappa shape index (κ2) is 7.31. The van der Waals surface area contributed by atoms with E-state index in [4.69, 9.17) is 9.97 Å². The van der Waals surface area contributed by atoms with Crippen molar-refractivity contribution in [1.82, 2.24) is 24.1 Å². The van der Waals surface area contributed by atoms with Crippen molar-refractivity contribution in [3.05, 3.63) is 43.0 Å². The molecule has 4 aromatic rings. The van der Waals surface area contributed by atoms with Crippen molar-refractivity contribution in [3.8, 4) is 0 Å². The minimum atomic E-state index is 0.857. The van der Waals surface area contributed by atoms with Crippen LogP contribution in [0.25, 0.3) is 21.9 Å². The quantitative estimate of drug-likeness (QED) is 0.511. The first-order valence-corrected chi connectivity index (χ1v) is 11.1. The number of rotatable bonds is 5. The van der Waals surface area contributed by atoms with E-state index in [2.05, 4.69) is 48.2 Å². The van der Waals surface area contributed by atoms with Crippen molar-refractivity contribution in [2.45, 2.75) is 38.8 Å². The first-order valence-electron chi connectivity index (χ1n) is 11.1. The number of anilines is 2. The summed E-state index contributed by atoms with van der Waals surface area (Å²) in [4.78, 5) is 19.3.